The minimum atomic E-state index is -1.00. The van der Waals surface area contributed by atoms with Crippen molar-refractivity contribution in [2.45, 2.75) is 20.1 Å². The van der Waals surface area contributed by atoms with E-state index in [0.717, 1.165) is 27.4 Å². The van der Waals surface area contributed by atoms with E-state index >= 15 is 0 Å². The van der Waals surface area contributed by atoms with Crippen molar-refractivity contribution in [3.63, 3.8) is 0 Å². The molecule has 0 atom stereocenters. The first kappa shape index (κ1) is 29.6. The zero-order valence-corrected chi connectivity index (χ0v) is 24.0. The summed E-state index contributed by atoms with van der Waals surface area (Å²) in [7, 11) is 0. The summed E-state index contributed by atoms with van der Waals surface area (Å²) in [6.07, 6.45) is 0. The molecule has 6 aromatic rings. The number of nitrogen functional groups attached to an aromatic ring is 2. The number of aromatic carboxylic acids is 1. The average molecular weight is 593 g/mol. The van der Waals surface area contributed by atoms with E-state index in [2.05, 4.69) is 9.97 Å². The van der Waals surface area contributed by atoms with Crippen LogP contribution in [-0.2, 0) is 18.0 Å². The summed E-state index contributed by atoms with van der Waals surface area (Å²) in [4.78, 5) is 28.5. The number of ether oxygens (including phenoxy) is 3. The smallest absolute Gasteiger partial charge is 0.354 e. The number of hydrogen-bond donors (Lipinski definition) is 5. The highest BCUT2D eigenvalue weighted by atomic mass is 16.5. The van der Waals surface area contributed by atoms with Gasteiger partial charge in [-0.2, -0.15) is 0 Å². The van der Waals surface area contributed by atoms with Gasteiger partial charge in [-0.15, -0.1) is 0 Å². The lowest BCUT2D eigenvalue weighted by Gasteiger charge is -2.09. The Labute approximate surface area is 253 Å². The Bertz CT molecular complexity index is 1900. The molecule has 0 amide bonds. The van der Waals surface area contributed by atoms with Crippen LogP contribution in [0, 0.1) is 0 Å². The summed E-state index contributed by atoms with van der Waals surface area (Å²) >= 11 is 0. The van der Waals surface area contributed by atoms with E-state index in [0.29, 0.717) is 53.9 Å². The number of rotatable bonds is 9. The van der Waals surface area contributed by atoms with Crippen molar-refractivity contribution in [2.75, 3.05) is 18.1 Å². The lowest BCUT2D eigenvalue weighted by molar-refractivity contribution is 0.0520. The minimum absolute atomic E-state index is 0.129. The van der Waals surface area contributed by atoms with Gasteiger partial charge in [0.1, 0.15) is 36.1 Å². The fourth-order valence-electron chi connectivity index (χ4n) is 4.51. The number of carbonyl (C=O) groups is 2. The molecule has 0 spiro atoms. The number of H-pyrrole nitrogens is 2. The molecule has 224 valence electrons. The van der Waals surface area contributed by atoms with Gasteiger partial charge in [0.05, 0.1) is 18.0 Å². The van der Waals surface area contributed by atoms with E-state index in [-0.39, 0.29) is 11.7 Å². The topological polar surface area (TPSA) is 166 Å². The van der Waals surface area contributed by atoms with Gasteiger partial charge in [-0.25, -0.2) is 9.59 Å². The van der Waals surface area contributed by atoms with Crippen LogP contribution in [0.4, 0.5) is 11.4 Å². The number of esters is 1. The van der Waals surface area contributed by atoms with Crippen molar-refractivity contribution in [1.82, 2.24) is 9.97 Å². The SMILES string of the molecule is CCOC(=O)c1cc2cc(OCc3ccccc3)c(N)cc2[nH]1.Nc1cc2[nH]c(C(=O)O)cc2cc1OCc1ccccc1. The van der Waals surface area contributed by atoms with Gasteiger partial charge in [0.2, 0.25) is 0 Å². The van der Waals surface area contributed by atoms with Crippen molar-refractivity contribution in [2.24, 2.45) is 0 Å². The number of benzene rings is 4. The molecule has 0 aliphatic heterocycles. The van der Waals surface area contributed by atoms with Gasteiger partial charge in [0.25, 0.3) is 0 Å². The van der Waals surface area contributed by atoms with E-state index in [1.54, 1.807) is 37.3 Å². The Morgan fingerprint density at radius 2 is 1.14 bits per heavy atom. The number of nitrogens with two attached hydrogens (primary N) is 2. The molecule has 0 radical (unpaired) electrons. The number of hydrogen-bond acceptors (Lipinski definition) is 7. The first-order valence-corrected chi connectivity index (χ1v) is 13.9. The third-order valence-electron chi connectivity index (χ3n) is 6.70. The largest absolute Gasteiger partial charge is 0.487 e. The molecule has 6 rings (SSSR count). The summed E-state index contributed by atoms with van der Waals surface area (Å²) in [5.74, 6) is -0.247. The van der Waals surface area contributed by atoms with Gasteiger partial charge in [-0.05, 0) is 54.4 Å². The number of carboxylic acids is 1. The molecule has 2 heterocycles. The first-order valence-electron chi connectivity index (χ1n) is 13.9. The normalized spacial score (nSPS) is 10.7. The van der Waals surface area contributed by atoms with Crippen LogP contribution in [0.1, 0.15) is 39.0 Å². The molecule has 0 aliphatic rings. The predicted octanol–water partition coefficient (Wildman–Crippen LogP) is 6.53. The Kier molecular flexibility index (Phi) is 9.00. The van der Waals surface area contributed by atoms with Crippen LogP contribution in [0.5, 0.6) is 11.5 Å². The molecule has 7 N–H and O–H groups in total. The third kappa shape index (κ3) is 7.11. The minimum Gasteiger partial charge on any atom is -0.487 e. The average Bonchev–Trinajstić information content (AvgIpc) is 3.64. The monoisotopic (exact) mass is 592 g/mol. The lowest BCUT2D eigenvalue weighted by atomic mass is 10.2. The number of anilines is 2. The van der Waals surface area contributed by atoms with Gasteiger partial charge in [-0.1, -0.05) is 60.7 Å². The van der Waals surface area contributed by atoms with E-state index < -0.39 is 5.97 Å². The zero-order chi connectivity index (χ0) is 31.1. The Hall–Kier alpha value is -5.90. The summed E-state index contributed by atoms with van der Waals surface area (Å²) in [5, 5.41) is 10.6. The molecular weight excluding hydrogens is 560 g/mol. The quantitative estimate of drug-likeness (QED) is 0.0933. The van der Waals surface area contributed by atoms with E-state index in [4.69, 9.17) is 30.8 Å². The molecule has 0 unspecified atom stereocenters. The zero-order valence-electron chi connectivity index (χ0n) is 24.0. The van der Waals surface area contributed by atoms with E-state index in [1.807, 2.05) is 66.7 Å². The lowest BCUT2D eigenvalue weighted by Crippen LogP contribution is -2.04. The molecule has 0 saturated heterocycles. The van der Waals surface area contributed by atoms with Crippen molar-refractivity contribution in [1.29, 1.82) is 0 Å². The standard InChI is InChI=1S/C18H18N2O3.C16H14N2O3/c1-2-22-18(21)16-8-13-9-17(14(19)10-15(13)20-16)23-11-12-6-4-3-5-7-12;17-12-8-13-11(6-14(18-13)16(19)20)7-15(12)21-9-10-4-2-1-3-5-10/h3-10,20H,2,11,19H2,1H3;1-8,18H,9,17H2,(H,19,20). The van der Waals surface area contributed by atoms with Crippen LogP contribution in [0.2, 0.25) is 0 Å². The second-order valence-corrected chi connectivity index (χ2v) is 9.89. The number of aromatic amines is 2. The van der Waals surface area contributed by atoms with Crippen molar-refractivity contribution < 1.29 is 28.9 Å². The number of carboxylic acid groups (broad SMARTS) is 1. The van der Waals surface area contributed by atoms with Crippen molar-refractivity contribution in [3.05, 3.63) is 120 Å². The van der Waals surface area contributed by atoms with E-state index in [1.165, 1.54) is 0 Å². The Balaban J connectivity index is 0.000000175. The van der Waals surface area contributed by atoms with Gasteiger partial charge >= 0.3 is 11.9 Å². The highest BCUT2D eigenvalue weighted by molar-refractivity contribution is 5.97. The van der Waals surface area contributed by atoms with Crippen molar-refractivity contribution in [3.8, 4) is 11.5 Å². The van der Waals surface area contributed by atoms with Crippen LogP contribution < -0.4 is 20.9 Å². The molecule has 10 nitrogen and oxygen atoms in total. The molecule has 0 bridgehead atoms. The molecule has 4 aromatic carbocycles. The summed E-state index contributed by atoms with van der Waals surface area (Å²) in [6.45, 7) is 2.95. The van der Waals surface area contributed by atoms with Crippen LogP contribution in [0.15, 0.2) is 97.1 Å². The number of nitrogens with one attached hydrogen (secondary N) is 2. The summed E-state index contributed by atoms with van der Waals surface area (Å²) in [6, 6.07) is 29.9. The second-order valence-electron chi connectivity index (χ2n) is 9.89. The van der Waals surface area contributed by atoms with Crippen molar-refractivity contribution >= 4 is 45.1 Å². The highest BCUT2D eigenvalue weighted by Crippen LogP contribution is 2.30. The fraction of sp³-hybridized carbons (Fsp3) is 0.118. The van der Waals surface area contributed by atoms with Crippen LogP contribution in [0.3, 0.4) is 0 Å². The second kappa shape index (κ2) is 13.4. The maximum Gasteiger partial charge on any atom is 0.354 e. The van der Waals surface area contributed by atoms with E-state index in [9.17, 15) is 9.59 Å². The first-order chi connectivity index (χ1) is 21.3. The van der Waals surface area contributed by atoms with Gasteiger partial charge < -0.3 is 40.8 Å². The van der Waals surface area contributed by atoms with Crippen LogP contribution in [-0.4, -0.2) is 33.6 Å². The number of aromatic nitrogens is 2. The van der Waals surface area contributed by atoms with Gasteiger partial charge in [0, 0.05) is 21.8 Å². The molecule has 10 heteroatoms. The van der Waals surface area contributed by atoms with Gasteiger partial charge in [0.15, 0.2) is 0 Å². The molecule has 0 aliphatic carbocycles. The summed E-state index contributed by atoms with van der Waals surface area (Å²) in [5.41, 5.74) is 17.1. The molecule has 2 aromatic heterocycles. The van der Waals surface area contributed by atoms with Crippen LogP contribution in [0.25, 0.3) is 21.8 Å². The maximum absolute atomic E-state index is 11.8. The maximum atomic E-state index is 11.8. The Morgan fingerprint density at radius 3 is 1.59 bits per heavy atom. The molecule has 0 saturated carbocycles. The highest BCUT2D eigenvalue weighted by Gasteiger charge is 2.13. The summed E-state index contributed by atoms with van der Waals surface area (Å²) < 4.78 is 16.5. The number of fused-ring (bicyclic) bond motifs is 2. The fourth-order valence-corrected chi connectivity index (χ4v) is 4.51. The third-order valence-corrected chi connectivity index (χ3v) is 6.70. The number of carbonyl (C=O) groups excluding carboxylic acids is 1. The molecular formula is C34H32N4O6. The molecule has 44 heavy (non-hydrogen) atoms. The Morgan fingerprint density at radius 1 is 0.682 bits per heavy atom. The van der Waals surface area contributed by atoms with Gasteiger partial charge in [-0.3, -0.25) is 0 Å². The molecule has 0 fully saturated rings. The predicted molar refractivity (Wildman–Crippen MR) is 170 cm³/mol. The van der Waals surface area contributed by atoms with Crippen LogP contribution >= 0.6 is 0 Å².